The summed E-state index contributed by atoms with van der Waals surface area (Å²) >= 11 is 0. The fraction of sp³-hybridized carbons (Fsp3) is 0.294. The molecular formula is C17H20O3. The fourth-order valence-corrected chi connectivity index (χ4v) is 1.76. The Morgan fingerprint density at radius 3 is 1.70 bits per heavy atom. The Morgan fingerprint density at radius 2 is 1.20 bits per heavy atom. The van der Waals surface area contributed by atoms with Crippen molar-refractivity contribution in [3.63, 3.8) is 0 Å². The zero-order valence-electron chi connectivity index (χ0n) is 11.7. The average molecular weight is 272 g/mol. The van der Waals surface area contributed by atoms with Crippen LogP contribution in [-0.2, 0) is 0 Å². The number of aryl methyl sites for hydroxylation is 1. The molecule has 0 saturated heterocycles. The second kappa shape index (κ2) is 7.43. The molecule has 0 saturated carbocycles. The molecule has 2 aromatic rings. The third-order valence-corrected chi connectivity index (χ3v) is 2.93. The molecule has 0 bridgehead atoms. The van der Waals surface area contributed by atoms with Crippen LogP contribution in [0.5, 0.6) is 17.2 Å². The van der Waals surface area contributed by atoms with Crippen molar-refractivity contribution in [1.29, 1.82) is 0 Å². The van der Waals surface area contributed by atoms with E-state index in [1.165, 1.54) is 5.56 Å². The van der Waals surface area contributed by atoms with Crippen LogP contribution in [0.25, 0.3) is 0 Å². The van der Waals surface area contributed by atoms with E-state index in [0.717, 1.165) is 24.3 Å². The van der Waals surface area contributed by atoms with E-state index in [9.17, 15) is 0 Å². The maximum Gasteiger partial charge on any atom is 0.119 e. The molecule has 0 aliphatic heterocycles. The molecule has 106 valence electrons. The first-order valence-electron chi connectivity index (χ1n) is 6.85. The third-order valence-electron chi connectivity index (χ3n) is 2.93. The van der Waals surface area contributed by atoms with Crippen molar-refractivity contribution < 1.29 is 14.6 Å². The molecule has 3 nitrogen and oxygen atoms in total. The van der Waals surface area contributed by atoms with Gasteiger partial charge < -0.3 is 14.6 Å². The third kappa shape index (κ3) is 4.84. The van der Waals surface area contributed by atoms with E-state index in [0.29, 0.717) is 13.2 Å². The molecule has 0 heterocycles. The maximum absolute atomic E-state index is 9.15. The topological polar surface area (TPSA) is 38.7 Å². The zero-order valence-corrected chi connectivity index (χ0v) is 11.7. The molecule has 0 spiro atoms. The Kier molecular flexibility index (Phi) is 5.30. The standard InChI is InChI=1S/C17H20O3/c1-14-4-8-16(9-5-14)19-12-2-3-13-20-17-10-6-15(18)7-11-17/h4-11,18H,2-3,12-13H2,1H3. The number of hydrogen-bond acceptors (Lipinski definition) is 3. The normalized spacial score (nSPS) is 10.2. The van der Waals surface area contributed by atoms with Gasteiger partial charge in [-0.05, 0) is 56.2 Å². The first-order valence-corrected chi connectivity index (χ1v) is 6.85. The molecule has 3 heteroatoms. The van der Waals surface area contributed by atoms with Gasteiger partial charge in [-0.3, -0.25) is 0 Å². The minimum absolute atomic E-state index is 0.254. The van der Waals surface area contributed by atoms with Crippen LogP contribution < -0.4 is 9.47 Å². The SMILES string of the molecule is Cc1ccc(OCCCCOc2ccc(O)cc2)cc1. The molecule has 0 atom stereocenters. The summed E-state index contributed by atoms with van der Waals surface area (Å²) in [5.74, 6) is 1.95. The molecule has 0 aliphatic carbocycles. The summed E-state index contributed by atoms with van der Waals surface area (Å²) in [6.45, 7) is 3.41. The van der Waals surface area contributed by atoms with Crippen LogP contribution >= 0.6 is 0 Å². The van der Waals surface area contributed by atoms with Crippen LogP contribution in [0.1, 0.15) is 18.4 Å². The molecule has 0 fully saturated rings. The summed E-state index contributed by atoms with van der Waals surface area (Å²) in [4.78, 5) is 0. The molecule has 20 heavy (non-hydrogen) atoms. The number of phenolic OH excluding ortho intramolecular Hbond substituents is 1. The van der Waals surface area contributed by atoms with Crippen molar-refractivity contribution in [1.82, 2.24) is 0 Å². The lowest BCUT2D eigenvalue weighted by atomic mass is 10.2. The second-order valence-corrected chi connectivity index (χ2v) is 4.71. The number of rotatable bonds is 7. The van der Waals surface area contributed by atoms with Crippen molar-refractivity contribution in [2.45, 2.75) is 19.8 Å². The highest BCUT2D eigenvalue weighted by Gasteiger charge is 1.96. The number of benzene rings is 2. The van der Waals surface area contributed by atoms with Gasteiger partial charge in [0.25, 0.3) is 0 Å². The van der Waals surface area contributed by atoms with Gasteiger partial charge in [0.2, 0.25) is 0 Å². The van der Waals surface area contributed by atoms with Gasteiger partial charge >= 0.3 is 0 Å². The summed E-state index contributed by atoms with van der Waals surface area (Å²) < 4.78 is 11.2. The lowest BCUT2D eigenvalue weighted by Crippen LogP contribution is -2.02. The van der Waals surface area contributed by atoms with Crippen LogP contribution in [0, 0.1) is 6.92 Å². The predicted molar refractivity (Wildman–Crippen MR) is 79.5 cm³/mol. The molecule has 0 aliphatic rings. The minimum Gasteiger partial charge on any atom is -0.508 e. The van der Waals surface area contributed by atoms with Gasteiger partial charge in [-0.2, -0.15) is 0 Å². The van der Waals surface area contributed by atoms with Crippen molar-refractivity contribution in [2.75, 3.05) is 13.2 Å². The number of ether oxygens (including phenoxy) is 2. The molecule has 0 amide bonds. The lowest BCUT2D eigenvalue weighted by molar-refractivity contribution is 0.266. The lowest BCUT2D eigenvalue weighted by Gasteiger charge is -2.08. The van der Waals surface area contributed by atoms with Gasteiger partial charge in [0, 0.05) is 0 Å². The van der Waals surface area contributed by atoms with Gasteiger partial charge in [0.05, 0.1) is 13.2 Å². The van der Waals surface area contributed by atoms with Gasteiger partial charge in [-0.1, -0.05) is 17.7 Å². The van der Waals surface area contributed by atoms with E-state index >= 15 is 0 Å². The van der Waals surface area contributed by atoms with Crippen molar-refractivity contribution in [2.24, 2.45) is 0 Å². The van der Waals surface area contributed by atoms with Crippen LogP contribution in [0.4, 0.5) is 0 Å². The highest BCUT2D eigenvalue weighted by atomic mass is 16.5. The van der Waals surface area contributed by atoms with E-state index in [2.05, 4.69) is 6.92 Å². The second-order valence-electron chi connectivity index (χ2n) is 4.71. The first-order chi connectivity index (χ1) is 9.74. The molecule has 1 N–H and O–H groups in total. The smallest absolute Gasteiger partial charge is 0.119 e. The summed E-state index contributed by atoms with van der Waals surface area (Å²) in [5.41, 5.74) is 1.24. The van der Waals surface area contributed by atoms with Gasteiger partial charge in [0.1, 0.15) is 17.2 Å². The molecule has 0 unspecified atom stereocenters. The van der Waals surface area contributed by atoms with Gasteiger partial charge in [-0.25, -0.2) is 0 Å². The van der Waals surface area contributed by atoms with Crippen molar-refractivity contribution in [3.8, 4) is 17.2 Å². The van der Waals surface area contributed by atoms with Crippen LogP contribution in [0.15, 0.2) is 48.5 Å². The number of unbranched alkanes of at least 4 members (excludes halogenated alkanes) is 1. The highest BCUT2D eigenvalue weighted by Crippen LogP contribution is 2.16. The first kappa shape index (κ1) is 14.3. The Balaban J connectivity index is 1.57. The quantitative estimate of drug-likeness (QED) is 0.776. The Bertz CT molecular complexity index is 453. The fourth-order valence-electron chi connectivity index (χ4n) is 1.76. The van der Waals surface area contributed by atoms with E-state index in [4.69, 9.17) is 14.6 Å². The highest BCUT2D eigenvalue weighted by molar-refractivity contribution is 5.30. The van der Waals surface area contributed by atoms with E-state index < -0.39 is 0 Å². The Hall–Kier alpha value is -2.16. The minimum atomic E-state index is 0.254. The Labute approximate surface area is 119 Å². The summed E-state index contributed by atoms with van der Waals surface area (Å²) in [6, 6.07) is 14.8. The number of hydrogen-bond donors (Lipinski definition) is 1. The molecule has 0 radical (unpaired) electrons. The zero-order chi connectivity index (χ0) is 14.2. The summed E-state index contributed by atoms with van der Waals surface area (Å²) in [6.07, 6.45) is 1.89. The van der Waals surface area contributed by atoms with Crippen LogP contribution in [-0.4, -0.2) is 18.3 Å². The van der Waals surface area contributed by atoms with Crippen molar-refractivity contribution in [3.05, 3.63) is 54.1 Å². The van der Waals surface area contributed by atoms with Crippen LogP contribution in [0.3, 0.4) is 0 Å². The summed E-state index contributed by atoms with van der Waals surface area (Å²) in [7, 11) is 0. The predicted octanol–water partition coefficient (Wildman–Crippen LogP) is 3.94. The number of phenols is 1. The van der Waals surface area contributed by atoms with E-state index in [-0.39, 0.29) is 5.75 Å². The largest absolute Gasteiger partial charge is 0.508 e. The van der Waals surface area contributed by atoms with Crippen molar-refractivity contribution >= 4 is 0 Å². The number of aromatic hydroxyl groups is 1. The average Bonchev–Trinajstić information content (AvgIpc) is 2.46. The van der Waals surface area contributed by atoms with Gasteiger partial charge in [0.15, 0.2) is 0 Å². The Morgan fingerprint density at radius 1 is 0.750 bits per heavy atom. The molecule has 2 aromatic carbocycles. The van der Waals surface area contributed by atoms with E-state index in [1.807, 2.05) is 24.3 Å². The van der Waals surface area contributed by atoms with E-state index in [1.54, 1.807) is 24.3 Å². The maximum atomic E-state index is 9.15. The van der Waals surface area contributed by atoms with Crippen LogP contribution in [0.2, 0.25) is 0 Å². The molecular weight excluding hydrogens is 252 g/mol. The van der Waals surface area contributed by atoms with Gasteiger partial charge in [-0.15, -0.1) is 0 Å². The molecule has 0 aromatic heterocycles. The summed E-state index contributed by atoms with van der Waals surface area (Å²) in [5, 5.41) is 9.15. The monoisotopic (exact) mass is 272 g/mol. The molecule has 2 rings (SSSR count).